The number of hydrogen-bond donors (Lipinski definition) is 2. The summed E-state index contributed by atoms with van der Waals surface area (Å²) in [6.45, 7) is -7.12. The van der Waals surface area contributed by atoms with Gasteiger partial charge >= 0.3 is 12.0 Å². The van der Waals surface area contributed by atoms with E-state index < -0.39 is 31.3 Å². The molecule has 0 amide bonds. The van der Waals surface area contributed by atoms with E-state index in [9.17, 15) is 9.13 Å². The van der Waals surface area contributed by atoms with Crippen LogP contribution in [0.3, 0.4) is 0 Å². The molecular formula is H2Cl8N5O2P5. The van der Waals surface area contributed by atoms with Gasteiger partial charge in [0.25, 0.3) is 5.91 Å². The van der Waals surface area contributed by atoms with Crippen molar-refractivity contribution in [3.8, 4) is 0 Å². The maximum atomic E-state index is 11.4. The summed E-state index contributed by atoms with van der Waals surface area (Å²) in [5.41, 5.74) is 0. The van der Waals surface area contributed by atoms with E-state index in [1.807, 2.05) is 0 Å². The minimum atomic E-state index is -3.88. The predicted octanol–water partition coefficient (Wildman–Crippen LogP) is 9.14. The Morgan fingerprint density at radius 2 is 1.05 bits per heavy atom. The van der Waals surface area contributed by atoms with Crippen molar-refractivity contribution in [3.05, 3.63) is 0 Å². The van der Waals surface area contributed by atoms with Crippen molar-refractivity contribution < 1.29 is 9.13 Å². The molecule has 0 saturated carbocycles. The molecule has 20 heavy (non-hydrogen) atoms. The average molecular weight is 543 g/mol. The van der Waals surface area contributed by atoms with E-state index in [2.05, 4.69) is 23.3 Å². The Hall–Kier alpha value is 3.39. The lowest BCUT2D eigenvalue weighted by atomic mass is 13.8. The van der Waals surface area contributed by atoms with Gasteiger partial charge in [-0.15, -0.1) is 0 Å². The van der Waals surface area contributed by atoms with E-state index in [1.165, 1.54) is 0 Å². The van der Waals surface area contributed by atoms with Crippen molar-refractivity contribution >= 4 is 121 Å². The van der Waals surface area contributed by atoms with E-state index in [-0.39, 0.29) is 0 Å². The smallest absolute Gasteiger partial charge is 0.271 e. The predicted molar refractivity (Wildman–Crippen MR) is 96.4 cm³/mol. The summed E-state index contributed by atoms with van der Waals surface area (Å²) >= 11 is 45.1. The van der Waals surface area contributed by atoms with Gasteiger partial charge in [0, 0.05) is 0 Å². The van der Waals surface area contributed by atoms with Crippen molar-refractivity contribution in [2.75, 3.05) is 0 Å². The Morgan fingerprint density at radius 1 is 0.700 bits per heavy atom. The lowest BCUT2D eigenvalue weighted by molar-refractivity contribution is 0.590. The highest BCUT2D eigenvalue weighted by molar-refractivity contribution is 8.21. The van der Waals surface area contributed by atoms with Crippen LogP contribution in [0.15, 0.2) is 13.5 Å². The lowest BCUT2D eigenvalue weighted by Crippen LogP contribution is -2.00. The first-order chi connectivity index (χ1) is 8.54. The van der Waals surface area contributed by atoms with Gasteiger partial charge in [0.15, 0.2) is 0 Å². The Kier molecular flexibility index (Phi) is 7.45. The van der Waals surface area contributed by atoms with Crippen LogP contribution in [0.4, 0.5) is 0 Å². The van der Waals surface area contributed by atoms with E-state index in [0.717, 1.165) is 0 Å². The molecule has 0 aromatic carbocycles. The third-order valence-corrected chi connectivity index (χ3v) is 19.5. The fraction of sp³-hybridized carbons (Fsp3) is 0. The maximum Gasteiger partial charge on any atom is 0.326 e. The summed E-state index contributed by atoms with van der Waals surface area (Å²) in [7, 11) is 0. The normalized spacial score (nSPS) is 33.8. The van der Waals surface area contributed by atoms with Gasteiger partial charge in [-0.05, 0) is 89.9 Å². The summed E-state index contributed by atoms with van der Waals surface area (Å²) in [6, 6.07) is 0. The zero-order valence-corrected chi connectivity index (χ0v) is 18.9. The highest BCUT2D eigenvalue weighted by atomic mass is 35.9. The van der Waals surface area contributed by atoms with Gasteiger partial charge in [-0.2, -0.15) is 23.3 Å². The van der Waals surface area contributed by atoms with Gasteiger partial charge in [0.05, 0.1) is 0 Å². The van der Waals surface area contributed by atoms with Crippen LogP contribution in [0.25, 0.3) is 0 Å². The van der Waals surface area contributed by atoms with Crippen molar-refractivity contribution in [1.29, 1.82) is 0 Å². The van der Waals surface area contributed by atoms with E-state index in [4.69, 9.17) is 89.9 Å². The van der Waals surface area contributed by atoms with Crippen LogP contribution in [0.1, 0.15) is 0 Å². The van der Waals surface area contributed by atoms with Crippen molar-refractivity contribution in [2.24, 2.45) is 13.5 Å². The van der Waals surface area contributed by atoms with Gasteiger partial charge in [-0.1, -0.05) is 0 Å². The van der Waals surface area contributed by atoms with Crippen LogP contribution in [-0.2, 0) is 9.13 Å². The second-order valence-corrected chi connectivity index (χ2v) is 24.4. The lowest BCUT2D eigenvalue weighted by Gasteiger charge is -2.25. The highest BCUT2D eigenvalue weighted by Gasteiger charge is 2.39. The average Bonchev–Trinajstić information content (AvgIpc) is 1.83. The summed E-state index contributed by atoms with van der Waals surface area (Å²) < 4.78 is 34.0. The largest absolute Gasteiger partial charge is 0.326 e. The zero-order valence-electron chi connectivity index (χ0n) is 8.42. The fourth-order valence-corrected chi connectivity index (χ4v) is 26.0. The first-order valence-electron chi connectivity index (χ1n) is 3.81. The summed E-state index contributed by atoms with van der Waals surface area (Å²) in [6.07, 6.45) is 0. The first kappa shape index (κ1) is 21.4. The molecule has 1 heterocycles. The molecule has 120 valence electrons. The van der Waals surface area contributed by atoms with Crippen molar-refractivity contribution in [1.82, 2.24) is 9.72 Å². The van der Waals surface area contributed by atoms with Crippen LogP contribution in [0.5, 0.6) is 0 Å². The molecule has 2 N–H and O–H groups in total. The molecule has 2 atom stereocenters. The van der Waals surface area contributed by atoms with E-state index in [1.54, 1.807) is 0 Å². The maximum absolute atomic E-state index is 11.4. The number of rotatable bonds is 4. The van der Waals surface area contributed by atoms with Crippen LogP contribution in [0.2, 0.25) is 0 Å². The number of nitrogens with one attached hydrogen (secondary N) is 2. The van der Waals surface area contributed by atoms with Gasteiger partial charge in [-0.3, -0.25) is 9.13 Å². The van der Waals surface area contributed by atoms with Crippen LogP contribution >= 0.6 is 121 Å². The Morgan fingerprint density at radius 3 is 1.40 bits per heavy atom. The van der Waals surface area contributed by atoms with Crippen LogP contribution in [0, 0.1) is 0 Å². The molecule has 1 aliphatic rings. The third-order valence-electron chi connectivity index (χ3n) is 1.18. The Labute approximate surface area is 152 Å². The topological polar surface area (TPSA) is 95.3 Å². The van der Waals surface area contributed by atoms with Gasteiger partial charge in [0.2, 0.25) is 13.4 Å². The molecule has 0 aromatic rings. The Bertz CT molecular complexity index is 633. The minimum absolute atomic E-state index is 2.09. The first-order valence-corrected chi connectivity index (χ1v) is 19.5. The summed E-state index contributed by atoms with van der Waals surface area (Å²) in [5.74, 6) is -11.2. The standard InChI is InChI=1S/Cl8H2N5O2P5/c1-16(2)9-19(7,11-17(3,4)14)13-20(8,10-16)12-18(5,6)15/h(H,11,14)(H,12,15)/t19-,20+. The van der Waals surface area contributed by atoms with E-state index >= 15 is 0 Å². The Balaban J connectivity index is 3.47. The monoisotopic (exact) mass is 539 g/mol. The van der Waals surface area contributed by atoms with Crippen molar-refractivity contribution in [3.63, 3.8) is 0 Å². The minimum Gasteiger partial charge on any atom is -0.271 e. The molecule has 0 radical (unpaired) electrons. The number of nitrogens with zero attached hydrogens (tertiary/aromatic N) is 3. The number of halogens is 8. The van der Waals surface area contributed by atoms with Gasteiger partial charge in [0.1, 0.15) is 0 Å². The molecule has 20 heteroatoms. The van der Waals surface area contributed by atoms with Crippen molar-refractivity contribution in [2.45, 2.75) is 0 Å². The molecule has 0 spiro atoms. The van der Waals surface area contributed by atoms with Crippen LogP contribution < -0.4 is 9.72 Å². The van der Waals surface area contributed by atoms with E-state index in [0.29, 0.717) is 0 Å². The van der Waals surface area contributed by atoms with Gasteiger partial charge < -0.3 is 0 Å². The molecule has 0 aromatic heterocycles. The van der Waals surface area contributed by atoms with Gasteiger partial charge in [-0.25, -0.2) is 0 Å². The second kappa shape index (κ2) is 6.95. The molecular weight excluding hydrogens is 541 g/mol. The van der Waals surface area contributed by atoms with Crippen LogP contribution in [-0.4, -0.2) is 0 Å². The zero-order chi connectivity index (χ0) is 16.0. The third kappa shape index (κ3) is 7.98. The molecule has 1 rings (SSSR count). The summed E-state index contributed by atoms with van der Waals surface area (Å²) in [5, 5.41) is 0. The molecule has 0 fully saturated rings. The fourth-order valence-electron chi connectivity index (χ4n) is 0.872. The molecule has 0 saturated heterocycles. The highest BCUT2D eigenvalue weighted by Crippen LogP contribution is 2.86. The molecule has 1 aliphatic heterocycles. The molecule has 7 nitrogen and oxygen atoms in total. The summed E-state index contributed by atoms with van der Waals surface area (Å²) in [4.78, 5) is 4.17. The molecule has 0 bridgehead atoms. The SMILES string of the molecule is O=P(Cl)(Cl)N[P@@]1(Cl)=NP(Cl)(Cl)=N[P@@](Cl)(NP(=O)(Cl)Cl)=N1. The molecule has 0 aliphatic carbocycles. The second-order valence-electron chi connectivity index (χ2n) is 2.90. The molecule has 0 unspecified atom stereocenters. The quantitative estimate of drug-likeness (QED) is 0.346. The number of hydrogen-bond acceptors (Lipinski definition) is 5.